The summed E-state index contributed by atoms with van der Waals surface area (Å²) in [5.74, 6) is -0.282. The largest absolute Gasteiger partial charge is 0.277 e. The Bertz CT molecular complexity index is 332. The van der Waals surface area contributed by atoms with E-state index in [1.807, 2.05) is 24.3 Å². The SMILES string of the molecule is CONC(=O)/C=C/c1ccc(Br)cc1. The molecule has 74 valence electrons. The first kappa shape index (κ1) is 10.9. The molecule has 0 atom stereocenters. The number of nitrogens with one attached hydrogen (secondary N) is 1. The molecular formula is C10H10BrNO2. The van der Waals surface area contributed by atoms with Crippen molar-refractivity contribution in [2.45, 2.75) is 0 Å². The Morgan fingerprint density at radius 3 is 2.64 bits per heavy atom. The molecule has 0 radical (unpaired) electrons. The fourth-order valence-electron chi connectivity index (χ4n) is 0.880. The summed E-state index contributed by atoms with van der Waals surface area (Å²) >= 11 is 3.33. The van der Waals surface area contributed by atoms with Crippen LogP contribution in [0.4, 0.5) is 0 Å². The predicted molar refractivity (Wildman–Crippen MR) is 58.3 cm³/mol. The highest BCUT2D eigenvalue weighted by Gasteiger charge is 1.92. The standard InChI is InChI=1S/C10H10BrNO2/c1-14-12-10(13)7-4-8-2-5-9(11)6-3-8/h2-7H,1H3,(H,12,13)/b7-4+. The third-order valence-corrected chi connectivity index (χ3v) is 2.03. The Labute approximate surface area is 90.8 Å². The van der Waals surface area contributed by atoms with Gasteiger partial charge >= 0.3 is 0 Å². The highest BCUT2D eigenvalue weighted by Crippen LogP contribution is 2.11. The minimum Gasteiger partial charge on any atom is -0.277 e. The van der Waals surface area contributed by atoms with Crippen LogP contribution in [0.15, 0.2) is 34.8 Å². The van der Waals surface area contributed by atoms with Gasteiger partial charge in [-0.15, -0.1) is 0 Å². The second kappa shape index (κ2) is 5.57. The van der Waals surface area contributed by atoms with E-state index >= 15 is 0 Å². The molecule has 3 nitrogen and oxygen atoms in total. The summed E-state index contributed by atoms with van der Waals surface area (Å²) in [6, 6.07) is 7.63. The topological polar surface area (TPSA) is 38.3 Å². The second-order valence-electron chi connectivity index (χ2n) is 2.56. The minimum atomic E-state index is -0.282. The number of benzene rings is 1. The van der Waals surface area contributed by atoms with Crippen molar-refractivity contribution < 1.29 is 9.63 Å². The van der Waals surface area contributed by atoms with E-state index < -0.39 is 0 Å². The number of rotatable bonds is 3. The smallest absolute Gasteiger partial charge is 0.267 e. The van der Waals surface area contributed by atoms with Gasteiger partial charge in [0.15, 0.2) is 0 Å². The van der Waals surface area contributed by atoms with Crippen molar-refractivity contribution in [3.05, 3.63) is 40.4 Å². The van der Waals surface area contributed by atoms with Crippen molar-refractivity contribution >= 4 is 27.9 Å². The molecule has 0 fully saturated rings. The first-order valence-electron chi connectivity index (χ1n) is 3.99. The van der Waals surface area contributed by atoms with Gasteiger partial charge in [0.2, 0.25) is 0 Å². The number of halogens is 1. The number of carbonyl (C=O) groups is 1. The van der Waals surface area contributed by atoms with Crippen molar-refractivity contribution in [3.8, 4) is 0 Å². The van der Waals surface area contributed by atoms with E-state index in [1.54, 1.807) is 6.08 Å². The molecule has 1 rings (SSSR count). The lowest BCUT2D eigenvalue weighted by atomic mass is 10.2. The van der Waals surface area contributed by atoms with Crippen LogP contribution in [-0.4, -0.2) is 13.0 Å². The van der Waals surface area contributed by atoms with Gasteiger partial charge in [-0.1, -0.05) is 28.1 Å². The zero-order chi connectivity index (χ0) is 10.4. The summed E-state index contributed by atoms with van der Waals surface area (Å²) in [4.78, 5) is 15.4. The van der Waals surface area contributed by atoms with Gasteiger partial charge in [-0.3, -0.25) is 9.63 Å². The molecule has 1 amide bonds. The molecular weight excluding hydrogens is 246 g/mol. The Balaban J connectivity index is 2.60. The molecule has 1 aromatic carbocycles. The average molecular weight is 256 g/mol. The molecule has 1 N–H and O–H groups in total. The zero-order valence-corrected chi connectivity index (χ0v) is 9.24. The minimum absolute atomic E-state index is 0.282. The summed E-state index contributed by atoms with van der Waals surface area (Å²) in [7, 11) is 1.39. The van der Waals surface area contributed by atoms with E-state index in [0.29, 0.717) is 0 Å². The fraction of sp³-hybridized carbons (Fsp3) is 0.100. The Morgan fingerprint density at radius 1 is 1.43 bits per heavy atom. The van der Waals surface area contributed by atoms with Crippen LogP contribution in [0.2, 0.25) is 0 Å². The third kappa shape index (κ3) is 3.72. The molecule has 0 aromatic heterocycles. The van der Waals surface area contributed by atoms with Gasteiger partial charge in [0.25, 0.3) is 5.91 Å². The van der Waals surface area contributed by atoms with Crippen LogP contribution in [0.3, 0.4) is 0 Å². The van der Waals surface area contributed by atoms with E-state index in [1.165, 1.54) is 13.2 Å². The Hall–Kier alpha value is -1.13. The first-order valence-corrected chi connectivity index (χ1v) is 4.78. The van der Waals surface area contributed by atoms with Crippen molar-refractivity contribution in [3.63, 3.8) is 0 Å². The highest BCUT2D eigenvalue weighted by atomic mass is 79.9. The normalized spacial score (nSPS) is 10.4. The first-order chi connectivity index (χ1) is 6.72. The lowest BCUT2D eigenvalue weighted by molar-refractivity contribution is -0.126. The summed E-state index contributed by atoms with van der Waals surface area (Å²) in [5.41, 5.74) is 3.15. The maximum Gasteiger partial charge on any atom is 0.267 e. The number of carbonyl (C=O) groups excluding carboxylic acids is 1. The lowest BCUT2D eigenvalue weighted by Crippen LogP contribution is -2.18. The summed E-state index contributed by atoms with van der Waals surface area (Å²) in [6.45, 7) is 0. The second-order valence-corrected chi connectivity index (χ2v) is 3.47. The summed E-state index contributed by atoms with van der Waals surface area (Å²) in [6.07, 6.45) is 3.12. The third-order valence-electron chi connectivity index (χ3n) is 1.50. The molecule has 0 aliphatic heterocycles. The van der Waals surface area contributed by atoms with E-state index in [4.69, 9.17) is 0 Å². The quantitative estimate of drug-likeness (QED) is 0.664. The van der Waals surface area contributed by atoms with Crippen LogP contribution in [0.5, 0.6) is 0 Å². The van der Waals surface area contributed by atoms with E-state index in [-0.39, 0.29) is 5.91 Å². The molecule has 0 unspecified atom stereocenters. The van der Waals surface area contributed by atoms with Crippen molar-refractivity contribution in [1.29, 1.82) is 0 Å². The fourth-order valence-corrected chi connectivity index (χ4v) is 1.14. The predicted octanol–water partition coefficient (Wildman–Crippen LogP) is 2.14. The average Bonchev–Trinajstić information content (AvgIpc) is 2.17. The Morgan fingerprint density at radius 2 is 2.07 bits per heavy atom. The zero-order valence-electron chi connectivity index (χ0n) is 7.66. The maximum atomic E-state index is 11.0. The van der Waals surface area contributed by atoms with Gasteiger partial charge in [0.1, 0.15) is 0 Å². The molecule has 0 saturated carbocycles. The van der Waals surface area contributed by atoms with Gasteiger partial charge in [-0.2, -0.15) is 0 Å². The van der Waals surface area contributed by atoms with Crippen LogP contribution < -0.4 is 5.48 Å². The molecule has 0 heterocycles. The number of hydrogen-bond donors (Lipinski definition) is 1. The molecule has 1 aromatic rings. The molecule has 14 heavy (non-hydrogen) atoms. The van der Waals surface area contributed by atoms with Crippen molar-refractivity contribution in [2.75, 3.05) is 7.11 Å². The van der Waals surface area contributed by atoms with Gasteiger partial charge in [-0.05, 0) is 23.8 Å². The van der Waals surface area contributed by atoms with Gasteiger partial charge < -0.3 is 0 Å². The van der Waals surface area contributed by atoms with Crippen LogP contribution in [0.25, 0.3) is 6.08 Å². The highest BCUT2D eigenvalue weighted by molar-refractivity contribution is 9.10. The van der Waals surface area contributed by atoms with Crippen molar-refractivity contribution in [2.24, 2.45) is 0 Å². The number of hydrogen-bond acceptors (Lipinski definition) is 2. The van der Waals surface area contributed by atoms with Gasteiger partial charge in [0, 0.05) is 10.5 Å². The number of hydroxylamine groups is 1. The molecule has 4 heteroatoms. The monoisotopic (exact) mass is 255 g/mol. The molecule has 0 bridgehead atoms. The maximum absolute atomic E-state index is 11.0. The van der Waals surface area contributed by atoms with E-state index in [0.717, 1.165) is 10.0 Å². The molecule has 0 aliphatic rings. The van der Waals surface area contributed by atoms with E-state index in [9.17, 15) is 4.79 Å². The molecule has 0 spiro atoms. The van der Waals surface area contributed by atoms with Crippen LogP contribution in [-0.2, 0) is 9.63 Å². The van der Waals surface area contributed by atoms with Crippen LogP contribution in [0, 0.1) is 0 Å². The summed E-state index contributed by atoms with van der Waals surface area (Å²) < 4.78 is 1.01. The van der Waals surface area contributed by atoms with Crippen LogP contribution >= 0.6 is 15.9 Å². The molecule has 0 saturated heterocycles. The van der Waals surface area contributed by atoms with Gasteiger partial charge in [-0.25, -0.2) is 5.48 Å². The van der Waals surface area contributed by atoms with Gasteiger partial charge in [0.05, 0.1) is 7.11 Å². The lowest BCUT2D eigenvalue weighted by Gasteiger charge is -1.95. The van der Waals surface area contributed by atoms with Crippen molar-refractivity contribution in [1.82, 2.24) is 5.48 Å². The number of amides is 1. The van der Waals surface area contributed by atoms with Crippen LogP contribution in [0.1, 0.15) is 5.56 Å². The van der Waals surface area contributed by atoms with E-state index in [2.05, 4.69) is 26.2 Å². The Kier molecular flexibility index (Phi) is 4.35. The molecule has 0 aliphatic carbocycles. The summed E-state index contributed by atoms with van der Waals surface area (Å²) in [5, 5.41) is 0.